The Morgan fingerprint density at radius 2 is 2.11 bits per heavy atom. The average Bonchev–Trinajstić information content (AvgIpc) is 2.80. The lowest BCUT2D eigenvalue weighted by Gasteiger charge is -2.07. The molecule has 0 aliphatic carbocycles. The molecule has 96 valence electrons. The molecule has 2 N–H and O–H groups in total. The summed E-state index contributed by atoms with van der Waals surface area (Å²) in [6.45, 7) is 4.92. The molecule has 0 unspecified atom stereocenters. The molecule has 2 rings (SSSR count). The van der Waals surface area contributed by atoms with Gasteiger partial charge in [-0.1, -0.05) is 26.0 Å². The smallest absolute Gasteiger partial charge is 0.142 e. The van der Waals surface area contributed by atoms with Crippen molar-refractivity contribution in [1.29, 1.82) is 0 Å². The van der Waals surface area contributed by atoms with Gasteiger partial charge in [0.05, 0.1) is 23.0 Å². The molecule has 0 saturated carbocycles. The minimum absolute atomic E-state index is 0.487. The summed E-state index contributed by atoms with van der Waals surface area (Å²) in [6, 6.07) is 7.55. The lowest BCUT2D eigenvalue weighted by molar-refractivity contribution is 0.323. The Morgan fingerprint density at radius 3 is 2.78 bits per heavy atom. The molecule has 0 saturated heterocycles. The van der Waals surface area contributed by atoms with Gasteiger partial charge < -0.3 is 10.5 Å². The average molecular weight is 262 g/mol. The SMILES string of the molecule is CC(C)c1csc(CCOc2ccccc2N)n1. The standard InChI is InChI=1S/C14H18N2OS/c1-10(2)12-9-18-14(16-12)7-8-17-13-6-4-3-5-11(13)15/h3-6,9-10H,7-8,15H2,1-2H3. The highest BCUT2D eigenvalue weighted by Crippen LogP contribution is 2.21. The van der Waals surface area contributed by atoms with E-state index in [1.54, 1.807) is 11.3 Å². The summed E-state index contributed by atoms with van der Waals surface area (Å²) in [5, 5.41) is 3.24. The Balaban J connectivity index is 1.87. The fourth-order valence-electron chi connectivity index (χ4n) is 1.57. The number of rotatable bonds is 5. The van der Waals surface area contributed by atoms with Crippen LogP contribution < -0.4 is 10.5 Å². The van der Waals surface area contributed by atoms with Crippen molar-refractivity contribution >= 4 is 17.0 Å². The highest BCUT2D eigenvalue weighted by molar-refractivity contribution is 7.09. The largest absolute Gasteiger partial charge is 0.491 e. The Hall–Kier alpha value is -1.55. The second kappa shape index (κ2) is 5.87. The van der Waals surface area contributed by atoms with Gasteiger partial charge in [0, 0.05) is 11.8 Å². The molecule has 0 fully saturated rings. The second-order valence-electron chi connectivity index (χ2n) is 4.46. The molecule has 4 heteroatoms. The number of anilines is 1. The van der Waals surface area contributed by atoms with Gasteiger partial charge in [0.15, 0.2) is 0 Å². The molecule has 3 nitrogen and oxygen atoms in total. The first-order chi connectivity index (χ1) is 8.66. The third-order valence-corrected chi connectivity index (χ3v) is 3.58. The van der Waals surface area contributed by atoms with Gasteiger partial charge in [0.25, 0.3) is 0 Å². The number of aromatic nitrogens is 1. The Bertz CT molecular complexity index is 508. The van der Waals surface area contributed by atoms with Crippen molar-refractivity contribution in [2.24, 2.45) is 0 Å². The van der Waals surface area contributed by atoms with Crippen LogP contribution in [-0.2, 0) is 6.42 Å². The minimum atomic E-state index is 0.487. The van der Waals surface area contributed by atoms with Crippen molar-refractivity contribution in [2.45, 2.75) is 26.2 Å². The summed E-state index contributed by atoms with van der Waals surface area (Å²) in [7, 11) is 0. The van der Waals surface area contributed by atoms with Crippen LogP contribution in [0.25, 0.3) is 0 Å². The van der Waals surface area contributed by atoms with Crippen LogP contribution in [0.2, 0.25) is 0 Å². The van der Waals surface area contributed by atoms with Gasteiger partial charge in [-0.15, -0.1) is 11.3 Å². The van der Waals surface area contributed by atoms with Crippen LogP contribution in [0.5, 0.6) is 5.75 Å². The van der Waals surface area contributed by atoms with Crippen LogP contribution >= 0.6 is 11.3 Å². The molecule has 1 aromatic heterocycles. The molecular weight excluding hydrogens is 244 g/mol. The second-order valence-corrected chi connectivity index (χ2v) is 5.40. The summed E-state index contributed by atoms with van der Waals surface area (Å²) in [5.41, 5.74) is 7.65. The van der Waals surface area contributed by atoms with Gasteiger partial charge in [0.2, 0.25) is 0 Å². The first-order valence-electron chi connectivity index (χ1n) is 6.08. The summed E-state index contributed by atoms with van der Waals surface area (Å²) < 4.78 is 5.65. The summed E-state index contributed by atoms with van der Waals surface area (Å²) in [5.74, 6) is 1.24. The number of nitrogens with two attached hydrogens (primary N) is 1. The first-order valence-corrected chi connectivity index (χ1v) is 6.96. The van der Waals surface area contributed by atoms with Crippen molar-refractivity contribution in [1.82, 2.24) is 4.98 Å². The number of ether oxygens (including phenoxy) is 1. The zero-order valence-corrected chi connectivity index (χ0v) is 11.5. The maximum Gasteiger partial charge on any atom is 0.142 e. The van der Waals surface area contributed by atoms with Crippen LogP contribution in [0.4, 0.5) is 5.69 Å². The number of para-hydroxylation sites is 2. The van der Waals surface area contributed by atoms with Gasteiger partial charge >= 0.3 is 0 Å². The highest BCUT2D eigenvalue weighted by atomic mass is 32.1. The number of hydrogen-bond acceptors (Lipinski definition) is 4. The van der Waals surface area contributed by atoms with E-state index < -0.39 is 0 Å². The van der Waals surface area contributed by atoms with Crippen LogP contribution in [0.1, 0.15) is 30.5 Å². The molecule has 0 aliphatic heterocycles. The first kappa shape index (κ1) is 12.9. The molecule has 0 atom stereocenters. The highest BCUT2D eigenvalue weighted by Gasteiger charge is 2.06. The molecule has 18 heavy (non-hydrogen) atoms. The number of nitrogen functional groups attached to an aromatic ring is 1. The van der Waals surface area contributed by atoms with Crippen LogP contribution in [0.15, 0.2) is 29.6 Å². The van der Waals surface area contributed by atoms with E-state index in [-0.39, 0.29) is 0 Å². The maximum atomic E-state index is 5.81. The van der Waals surface area contributed by atoms with E-state index in [4.69, 9.17) is 10.5 Å². The van der Waals surface area contributed by atoms with E-state index in [0.717, 1.165) is 22.9 Å². The zero-order chi connectivity index (χ0) is 13.0. The maximum absolute atomic E-state index is 5.81. The predicted molar refractivity (Wildman–Crippen MR) is 76.3 cm³/mol. The van der Waals surface area contributed by atoms with Crippen LogP contribution in [0, 0.1) is 0 Å². The Labute approximate surface area is 112 Å². The molecule has 0 aliphatic rings. The minimum Gasteiger partial charge on any atom is -0.491 e. The topological polar surface area (TPSA) is 48.1 Å². The lowest BCUT2D eigenvalue weighted by Crippen LogP contribution is -2.03. The molecule has 1 aromatic carbocycles. The third kappa shape index (κ3) is 3.23. The number of nitrogens with zero attached hydrogens (tertiary/aromatic N) is 1. The van der Waals surface area contributed by atoms with Gasteiger partial charge in [-0.25, -0.2) is 4.98 Å². The third-order valence-electron chi connectivity index (χ3n) is 2.65. The number of hydrogen-bond donors (Lipinski definition) is 1. The van der Waals surface area contributed by atoms with Crippen molar-refractivity contribution in [2.75, 3.05) is 12.3 Å². The lowest BCUT2D eigenvalue weighted by atomic mass is 10.2. The fourth-order valence-corrected chi connectivity index (χ4v) is 2.51. The van der Waals surface area contributed by atoms with E-state index in [1.807, 2.05) is 24.3 Å². The fraction of sp³-hybridized carbons (Fsp3) is 0.357. The van der Waals surface area contributed by atoms with Crippen LogP contribution in [-0.4, -0.2) is 11.6 Å². The van der Waals surface area contributed by atoms with Gasteiger partial charge in [-0.2, -0.15) is 0 Å². The van der Waals surface area contributed by atoms with E-state index in [1.165, 1.54) is 0 Å². The quantitative estimate of drug-likeness (QED) is 0.839. The number of benzene rings is 1. The Morgan fingerprint density at radius 1 is 1.33 bits per heavy atom. The van der Waals surface area contributed by atoms with Gasteiger partial charge in [-0.05, 0) is 18.1 Å². The number of thiazole rings is 1. The molecule has 0 radical (unpaired) electrons. The molecule has 0 amide bonds. The normalized spacial score (nSPS) is 10.8. The monoisotopic (exact) mass is 262 g/mol. The molecule has 0 spiro atoms. The summed E-state index contributed by atoms with van der Waals surface area (Å²) >= 11 is 1.69. The zero-order valence-electron chi connectivity index (χ0n) is 10.7. The van der Waals surface area contributed by atoms with E-state index in [2.05, 4.69) is 24.2 Å². The Kier molecular flexibility index (Phi) is 4.20. The molecule has 2 aromatic rings. The van der Waals surface area contributed by atoms with Crippen molar-refractivity contribution in [3.05, 3.63) is 40.3 Å². The summed E-state index contributed by atoms with van der Waals surface area (Å²) in [4.78, 5) is 4.57. The van der Waals surface area contributed by atoms with E-state index in [9.17, 15) is 0 Å². The van der Waals surface area contributed by atoms with Gasteiger partial charge in [-0.3, -0.25) is 0 Å². The van der Waals surface area contributed by atoms with Gasteiger partial charge in [0.1, 0.15) is 5.75 Å². The molecule has 0 bridgehead atoms. The van der Waals surface area contributed by atoms with E-state index in [0.29, 0.717) is 18.2 Å². The van der Waals surface area contributed by atoms with Crippen molar-refractivity contribution in [3.8, 4) is 5.75 Å². The van der Waals surface area contributed by atoms with Crippen molar-refractivity contribution < 1.29 is 4.74 Å². The van der Waals surface area contributed by atoms with E-state index >= 15 is 0 Å². The predicted octanol–water partition coefficient (Wildman–Crippen LogP) is 3.47. The molecular formula is C14H18N2OS. The molecule has 1 heterocycles. The summed E-state index contributed by atoms with van der Waals surface area (Å²) in [6.07, 6.45) is 0.825. The van der Waals surface area contributed by atoms with Crippen LogP contribution in [0.3, 0.4) is 0 Å². The van der Waals surface area contributed by atoms with Crippen molar-refractivity contribution in [3.63, 3.8) is 0 Å².